The van der Waals surface area contributed by atoms with E-state index in [1.165, 1.54) is 0 Å². The second-order valence-electron chi connectivity index (χ2n) is 6.29. The third kappa shape index (κ3) is 5.28. The molecular weight excluding hydrogens is 412 g/mol. The minimum atomic E-state index is -0.0475. The van der Waals surface area contributed by atoms with Crippen molar-refractivity contribution in [2.45, 2.75) is 24.1 Å². The van der Waals surface area contributed by atoms with Crippen molar-refractivity contribution in [2.24, 2.45) is 0 Å². The number of amides is 1. The molecule has 1 amide bonds. The molecule has 3 aromatic rings. The molecule has 0 fully saturated rings. The first kappa shape index (κ1) is 20.7. The highest BCUT2D eigenvalue weighted by molar-refractivity contribution is 7.98. The van der Waals surface area contributed by atoms with E-state index in [4.69, 9.17) is 16.3 Å². The Bertz CT molecular complexity index is 957. The Kier molecular flexibility index (Phi) is 6.99. The van der Waals surface area contributed by atoms with Crippen molar-refractivity contribution in [3.05, 3.63) is 74.7 Å². The number of carbonyl (C=O) groups is 1. The molecule has 4 nitrogen and oxygen atoms in total. The van der Waals surface area contributed by atoms with Gasteiger partial charge in [-0.3, -0.25) is 4.79 Å². The highest BCUT2D eigenvalue weighted by Gasteiger charge is 2.15. The molecule has 28 heavy (non-hydrogen) atoms. The maximum atomic E-state index is 12.8. The normalized spacial score (nSPS) is 10.7. The summed E-state index contributed by atoms with van der Waals surface area (Å²) in [5, 5.41) is 3.78. The maximum Gasteiger partial charge on any atom is 0.253 e. The fraction of sp³-hybridized carbons (Fsp3) is 0.238. The zero-order valence-electron chi connectivity index (χ0n) is 15.9. The molecule has 0 atom stereocenters. The van der Waals surface area contributed by atoms with Gasteiger partial charge in [-0.2, -0.15) is 0 Å². The van der Waals surface area contributed by atoms with Crippen LogP contribution in [0, 0.1) is 6.92 Å². The SMILES string of the molecule is COc1ccc(Cl)cc1CN(C)C(=O)c1ccc(SCc2csc(C)n2)cc1. The van der Waals surface area contributed by atoms with Crippen LogP contribution < -0.4 is 4.74 Å². The first-order valence-corrected chi connectivity index (χ1v) is 10.9. The lowest BCUT2D eigenvalue weighted by molar-refractivity contribution is 0.0784. The summed E-state index contributed by atoms with van der Waals surface area (Å²) in [7, 11) is 3.38. The Morgan fingerprint density at radius 2 is 2.00 bits per heavy atom. The van der Waals surface area contributed by atoms with Gasteiger partial charge in [-0.15, -0.1) is 23.1 Å². The number of benzene rings is 2. The molecule has 0 bridgehead atoms. The number of aryl methyl sites for hydroxylation is 1. The summed E-state index contributed by atoms with van der Waals surface area (Å²) in [6, 6.07) is 13.1. The summed E-state index contributed by atoms with van der Waals surface area (Å²) >= 11 is 9.46. The molecule has 0 aliphatic rings. The molecule has 0 spiro atoms. The second kappa shape index (κ2) is 9.45. The number of hydrogen-bond donors (Lipinski definition) is 0. The Balaban J connectivity index is 1.63. The van der Waals surface area contributed by atoms with Gasteiger partial charge in [0.15, 0.2) is 0 Å². The number of ether oxygens (including phenoxy) is 1. The number of hydrogen-bond acceptors (Lipinski definition) is 5. The number of rotatable bonds is 7. The smallest absolute Gasteiger partial charge is 0.253 e. The average Bonchev–Trinajstić information content (AvgIpc) is 3.11. The van der Waals surface area contributed by atoms with Crippen LogP contribution in [0.2, 0.25) is 5.02 Å². The standard InChI is InChI=1S/C21H21ClN2O2S2/c1-14-23-18(12-27-14)13-28-19-7-4-15(5-8-19)21(25)24(2)11-16-10-17(22)6-9-20(16)26-3/h4-10,12H,11,13H2,1-3H3. The Labute approximate surface area is 178 Å². The maximum absolute atomic E-state index is 12.8. The third-order valence-corrected chi connectivity index (χ3v) is 6.25. The first-order chi connectivity index (χ1) is 13.5. The van der Waals surface area contributed by atoms with Crippen molar-refractivity contribution in [3.8, 4) is 5.75 Å². The van der Waals surface area contributed by atoms with Gasteiger partial charge in [-0.1, -0.05) is 11.6 Å². The van der Waals surface area contributed by atoms with Crippen molar-refractivity contribution in [3.63, 3.8) is 0 Å². The Morgan fingerprint density at radius 3 is 2.64 bits per heavy atom. The number of thiazole rings is 1. The second-order valence-corrected chi connectivity index (χ2v) is 8.84. The molecule has 0 radical (unpaired) electrons. The summed E-state index contributed by atoms with van der Waals surface area (Å²) in [6.45, 7) is 2.43. The summed E-state index contributed by atoms with van der Waals surface area (Å²) < 4.78 is 5.36. The van der Waals surface area contributed by atoms with Crippen molar-refractivity contribution in [1.82, 2.24) is 9.88 Å². The molecule has 1 heterocycles. The van der Waals surface area contributed by atoms with Crippen LogP contribution in [-0.4, -0.2) is 29.9 Å². The van der Waals surface area contributed by atoms with E-state index >= 15 is 0 Å². The zero-order chi connectivity index (χ0) is 20.1. The number of carbonyl (C=O) groups excluding carboxylic acids is 1. The molecule has 0 saturated carbocycles. The van der Waals surface area contributed by atoms with E-state index in [0.29, 0.717) is 22.9 Å². The number of methoxy groups -OCH3 is 1. The number of nitrogens with zero attached hydrogens (tertiary/aromatic N) is 2. The van der Waals surface area contributed by atoms with E-state index in [-0.39, 0.29) is 5.91 Å². The predicted molar refractivity (Wildman–Crippen MR) is 117 cm³/mol. The molecule has 2 aromatic carbocycles. The van der Waals surface area contributed by atoms with Crippen molar-refractivity contribution in [1.29, 1.82) is 0 Å². The molecule has 3 rings (SSSR count). The lowest BCUT2D eigenvalue weighted by Gasteiger charge is -2.19. The minimum absolute atomic E-state index is 0.0475. The Hall–Kier alpha value is -2.02. The van der Waals surface area contributed by atoms with Crippen LogP contribution in [0.3, 0.4) is 0 Å². The number of thioether (sulfide) groups is 1. The van der Waals surface area contributed by atoms with Crippen LogP contribution in [0.5, 0.6) is 5.75 Å². The highest BCUT2D eigenvalue weighted by atomic mass is 35.5. The molecule has 1 aromatic heterocycles. The van der Waals surface area contributed by atoms with Gasteiger partial charge < -0.3 is 9.64 Å². The van der Waals surface area contributed by atoms with E-state index in [9.17, 15) is 4.79 Å². The van der Waals surface area contributed by atoms with Crippen LogP contribution in [0.15, 0.2) is 52.7 Å². The van der Waals surface area contributed by atoms with E-state index in [1.54, 1.807) is 48.2 Å². The monoisotopic (exact) mass is 432 g/mol. The van der Waals surface area contributed by atoms with Gasteiger partial charge in [-0.05, 0) is 49.4 Å². The molecule has 7 heteroatoms. The van der Waals surface area contributed by atoms with Crippen LogP contribution in [0.25, 0.3) is 0 Å². The predicted octanol–water partition coefficient (Wildman–Crippen LogP) is 5.68. The van der Waals surface area contributed by atoms with Gasteiger partial charge in [0.05, 0.1) is 17.8 Å². The van der Waals surface area contributed by atoms with Gasteiger partial charge in [0, 0.05) is 45.8 Å². The summed E-state index contributed by atoms with van der Waals surface area (Å²) in [6.07, 6.45) is 0. The van der Waals surface area contributed by atoms with Crippen LogP contribution in [-0.2, 0) is 12.3 Å². The molecular formula is C21H21ClN2O2S2. The lowest BCUT2D eigenvalue weighted by atomic mass is 10.1. The third-order valence-electron chi connectivity index (χ3n) is 4.15. The van der Waals surface area contributed by atoms with Crippen LogP contribution >= 0.6 is 34.7 Å². The Morgan fingerprint density at radius 1 is 1.25 bits per heavy atom. The van der Waals surface area contributed by atoms with Gasteiger partial charge in [-0.25, -0.2) is 4.98 Å². The molecule has 0 saturated heterocycles. The molecule has 0 aliphatic carbocycles. The topological polar surface area (TPSA) is 42.4 Å². The summed E-state index contributed by atoms with van der Waals surface area (Å²) in [4.78, 5) is 20.0. The van der Waals surface area contributed by atoms with E-state index < -0.39 is 0 Å². The van der Waals surface area contributed by atoms with E-state index in [2.05, 4.69) is 10.4 Å². The molecule has 0 unspecified atom stereocenters. The van der Waals surface area contributed by atoms with Crippen LogP contribution in [0.1, 0.15) is 26.6 Å². The average molecular weight is 433 g/mol. The van der Waals surface area contributed by atoms with Gasteiger partial charge in [0.25, 0.3) is 5.91 Å². The summed E-state index contributed by atoms with van der Waals surface area (Å²) in [5.74, 6) is 1.49. The van der Waals surface area contributed by atoms with Gasteiger partial charge >= 0.3 is 0 Å². The summed E-state index contributed by atoms with van der Waals surface area (Å²) in [5.41, 5.74) is 2.61. The molecule has 146 valence electrons. The van der Waals surface area contributed by atoms with Crippen molar-refractivity contribution >= 4 is 40.6 Å². The first-order valence-electron chi connectivity index (χ1n) is 8.68. The van der Waals surface area contributed by atoms with Gasteiger partial charge in [0.2, 0.25) is 0 Å². The number of aromatic nitrogens is 1. The van der Waals surface area contributed by atoms with Crippen molar-refractivity contribution in [2.75, 3.05) is 14.2 Å². The number of halogens is 1. The fourth-order valence-electron chi connectivity index (χ4n) is 2.74. The van der Waals surface area contributed by atoms with Gasteiger partial charge in [0.1, 0.15) is 5.75 Å². The lowest BCUT2D eigenvalue weighted by Crippen LogP contribution is -2.26. The van der Waals surface area contributed by atoms with E-state index in [1.807, 2.05) is 43.3 Å². The zero-order valence-corrected chi connectivity index (χ0v) is 18.3. The largest absolute Gasteiger partial charge is 0.496 e. The highest BCUT2D eigenvalue weighted by Crippen LogP contribution is 2.26. The van der Waals surface area contributed by atoms with E-state index in [0.717, 1.165) is 26.9 Å². The van der Waals surface area contributed by atoms with Crippen molar-refractivity contribution < 1.29 is 9.53 Å². The van der Waals surface area contributed by atoms with Crippen LogP contribution in [0.4, 0.5) is 0 Å². The molecule has 0 N–H and O–H groups in total. The quantitative estimate of drug-likeness (QED) is 0.450. The minimum Gasteiger partial charge on any atom is -0.496 e. The fourth-order valence-corrected chi connectivity index (χ4v) is 4.45. The molecule has 0 aliphatic heterocycles.